The van der Waals surface area contributed by atoms with Crippen LogP contribution in [0.25, 0.3) is 0 Å². The smallest absolute Gasteiger partial charge is 0.276 e. The molecule has 7 heteroatoms. The fourth-order valence-corrected chi connectivity index (χ4v) is 3.67. The van der Waals surface area contributed by atoms with E-state index in [1.807, 2.05) is 0 Å². The first kappa shape index (κ1) is 17.8. The molecule has 1 fully saturated rings. The lowest BCUT2D eigenvalue weighted by Gasteiger charge is -2.34. The molecule has 1 aliphatic rings. The summed E-state index contributed by atoms with van der Waals surface area (Å²) in [6, 6.07) is 3.11. The molecule has 0 aromatic carbocycles. The Labute approximate surface area is 152 Å². The van der Waals surface area contributed by atoms with Crippen molar-refractivity contribution in [1.29, 1.82) is 0 Å². The number of piperazine rings is 1. The van der Waals surface area contributed by atoms with Gasteiger partial charge in [-0.3, -0.25) is 9.69 Å². The lowest BCUT2D eigenvalue weighted by Crippen LogP contribution is -2.48. The molecule has 2 aromatic heterocycles. The SMILES string of the molecule is CC(C)(C)c1nc(CN2CCN(C(=O)c3ncccc3O)CC2)cs1. The summed E-state index contributed by atoms with van der Waals surface area (Å²) in [4.78, 5) is 25.3. The number of amides is 1. The third-order valence-electron chi connectivity index (χ3n) is 4.23. The van der Waals surface area contributed by atoms with Crippen molar-refractivity contribution in [2.24, 2.45) is 0 Å². The highest BCUT2D eigenvalue weighted by molar-refractivity contribution is 7.09. The molecule has 1 saturated heterocycles. The zero-order chi connectivity index (χ0) is 18.0. The van der Waals surface area contributed by atoms with Crippen molar-refractivity contribution in [2.75, 3.05) is 26.2 Å². The third kappa shape index (κ3) is 4.16. The van der Waals surface area contributed by atoms with Gasteiger partial charge in [-0.2, -0.15) is 0 Å². The molecule has 134 valence electrons. The number of rotatable bonds is 3. The summed E-state index contributed by atoms with van der Waals surface area (Å²) >= 11 is 1.71. The van der Waals surface area contributed by atoms with E-state index in [9.17, 15) is 9.90 Å². The van der Waals surface area contributed by atoms with Crippen LogP contribution in [0.3, 0.4) is 0 Å². The third-order valence-corrected chi connectivity index (χ3v) is 5.54. The van der Waals surface area contributed by atoms with Crippen molar-refractivity contribution in [1.82, 2.24) is 19.8 Å². The summed E-state index contributed by atoms with van der Waals surface area (Å²) in [6.07, 6.45) is 1.53. The van der Waals surface area contributed by atoms with Gasteiger partial charge >= 0.3 is 0 Å². The van der Waals surface area contributed by atoms with Crippen LogP contribution in [0.5, 0.6) is 5.75 Å². The molecule has 1 aliphatic heterocycles. The van der Waals surface area contributed by atoms with Gasteiger partial charge in [0.2, 0.25) is 0 Å². The van der Waals surface area contributed by atoms with Gasteiger partial charge in [0, 0.05) is 49.7 Å². The van der Waals surface area contributed by atoms with E-state index in [1.54, 1.807) is 22.3 Å². The molecule has 0 radical (unpaired) electrons. The minimum absolute atomic E-state index is 0.0629. The maximum Gasteiger partial charge on any atom is 0.276 e. The predicted molar refractivity (Wildman–Crippen MR) is 97.9 cm³/mol. The van der Waals surface area contributed by atoms with Gasteiger partial charge in [0.05, 0.1) is 10.7 Å². The topological polar surface area (TPSA) is 69.6 Å². The summed E-state index contributed by atoms with van der Waals surface area (Å²) in [5, 5.41) is 13.1. The van der Waals surface area contributed by atoms with Crippen molar-refractivity contribution in [3.63, 3.8) is 0 Å². The highest BCUT2D eigenvalue weighted by Crippen LogP contribution is 2.26. The number of hydrogen-bond acceptors (Lipinski definition) is 6. The number of hydrogen-bond donors (Lipinski definition) is 1. The van der Waals surface area contributed by atoms with Crippen LogP contribution in [0.4, 0.5) is 0 Å². The Hall–Kier alpha value is -1.99. The van der Waals surface area contributed by atoms with E-state index in [0.717, 1.165) is 30.3 Å². The van der Waals surface area contributed by atoms with Crippen LogP contribution >= 0.6 is 11.3 Å². The number of carbonyl (C=O) groups excluding carboxylic acids is 1. The normalized spacial score (nSPS) is 16.2. The second kappa shape index (κ2) is 7.09. The Kier molecular flexibility index (Phi) is 5.06. The molecule has 3 rings (SSSR count). The van der Waals surface area contributed by atoms with E-state index in [-0.39, 0.29) is 22.8 Å². The number of aromatic hydroxyl groups is 1. The van der Waals surface area contributed by atoms with Crippen LogP contribution in [-0.4, -0.2) is 57.0 Å². The van der Waals surface area contributed by atoms with E-state index >= 15 is 0 Å². The van der Waals surface area contributed by atoms with Crippen molar-refractivity contribution in [3.05, 3.63) is 40.1 Å². The number of carbonyl (C=O) groups is 1. The number of pyridine rings is 1. The maximum absolute atomic E-state index is 12.5. The molecule has 1 amide bonds. The Balaban J connectivity index is 1.56. The molecule has 0 bridgehead atoms. The molecular formula is C18H24N4O2S. The molecule has 0 unspecified atom stereocenters. The number of thiazole rings is 1. The molecule has 1 N–H and O–H groups in total. The summed E-state index contributed by atoms with van der Waals surface area (Å²) < 4.78 is 0. The Morgan fingerprint density at radius 3 is 2.60 bits per heavy atom. The van der Waals surface area contributed by atoms with Gasteiger partial charge in [0.15, 0.2) is 5.69 Å². The van der Waals surface area contributed by atoms with Crippen molar-refractivity contribution < 1.29 is 9.90 Å². The van der Waals surface area contributed by atoms with Gasteiger partial charge < -0.3 is 10.0 Å². The Bertz CT molecular complexity index is 746. The van der Waals surface area contributed by atoms with Crippen molar-refractivity contribution in [3.8, 4) is 5.75 Å². The minimum Gasteiger partial charge on any atom is -0.505 e. The van der Waals surface area contributed by atoms with Crippen LogP contribution in [-0.2, 0) is 12.0 Å². The van der Waals surface area contributed by atoms with E-state index in [0.29, 0.717) is 13.1 Å². The second-order valence-electron chi connectivity index (χ2n) is 7.33. The largest absolute Gasteiger partial charge is 0.505 e. The molecular weight excluding hydrogens is 336 g/mol. The Morgan fingerprint density at radius 2 is 2.00 bits per heavy atom. The van der Waals surface area contributed by atoms with E-state index < -0.39 is 0 Å². The molecule has 0 saturated carbocycles. The van der Waals surface area contributed by atoms with Crippen molar-refractivity contribution >= 4 is 17.2 Å². The van der Waals surface area contributed by atoms with Crippen molar-refractivity contribution in [2.45, 2.75) is 32.7 Å². The number of nitrogens with zero attached hydrogens (tertiary/aromatic N) is 4. The van der Waals surface area contributed by atoms with Gasteiger partial charge in [-0.1, -0.05) is 20.8 Å². The zero-order valence-electron chi connectivity index (χ0n) is 14.9. The summed E-state index contributed by atoms with van der Waals surface area (Å²) in [5.41, 5.74) is 1.31. The average molecular weight is 360 g/mol. The quantitative estimate of drug-likeness (QED) is 0.911. The van der Waals surface area contributed by atoms with Gasteiger partial charge in [0.25, 0.3) is 5.91 Å². The summed E-state index contributed by atoms with van der Waals surface area (Å²) in [7, 11) is 0. The summed E-state index contributed by atoms with van der Waals surface area (Å²) in [6.45, 7) is 10.2. The standard InChI is InChI=1S/C18H24N4O2S/c1-18(2,3)17-20-13(12-25-17)11-21-7-9-22(10-8-21)16(24)15-14(23)5-4-6-19-15/h4-6,12,23H,7-11H2,1-3H3. The van der Waals surface area contributed by atoms with Gasteiger partial charge in [0.1, 0.15) is 5.75 Å². The highest BCUT2D eigenvalue weighted by Gasteiger charge is 2.25. The molecule has 2 aromatic rings. The molecule has 0 spiro atoms. The predicted octanol–water partition coefficient (Wildman–Crippen LogP) is 2.50. The van der Waals surface area contributed by atoms with Gasteiger partial charge in [-0.15, -0.1) is 11.3 Å². The van der Waals surface area contributed by atoms with E-state index in [2.05, 4.69) is 36.0 Å². The van der Waals surface area contributed by atoms with Crippen LogP contribution < -0.4 is 0 Å². The highest BCUT2D eigenvalue weighted by atomic mass is 32.1. The first-order valence-electron chi connectivity index (χ1n) is 8.45. The lowest BCUT2D eigenvalue weighted by molar-refractivity contribution is 0.0618. The molecule has 0 atom stereocenters. The fourth-order valence-electron chi connectivity index (χ4n) is 2.77. The molecule has 0 aliphatic carbocycles. The van der Waals surface area contributed by atoms with Crippen LogP contribution in [0.1, 0.15) is 42.0 Å². The lowest BCUT2D eigenvalue weighted by atomic mass is 9.98. The average Bonchev–Trinajstić information content (AvgIpc) is 3.04. The van der Waals surface area contributed by atoms with Gasteiger partial charge in [-0.25, -0.2) is 9.97 Å². The van der Waals surface area contributed by atoms with Crippen LogP contribution in [0, 0.1) is 0 Å². The Morgan fingerprint density at radius 1 is 1.28 bits per heavy atom. The molecule has 6 nitrogen and oxygen atoms in total. The fraction of sp³-hybridized carbons (Fsp3) is 0.500. The van der Waals surface area contributed by atoms with E-state index in [4.69, 9.17) is 4.98 Å². The van der Waals surface area contributed by atoms with Crippen LogP contribution in [0.15, 0.2) is 23.7 Å². The second-order valence-corrected chi connectivity index (χ2v) is 8.19. The summed E-state index contributed by atoms with van der Waals surface area (Å²) in [5.74, 6) is -0.270. The maximum atomic E-state index is 12.5. The first-order valence-corrected chi connectivity index (χ1v) is 9.33. The van der Waals surface area contributed by atoms with Gasteiger partial charge in [-0.05, 0) is 12.1 Å². The molecule has 3 heterocycles. The monoisotopic (exact) mass is 360 g/mol. The number of aromatic nitrogens is 2. The van der Waals surface area contributed by atoms with Crippen LogP contribution in [0.2, 0.25) is 0 Å². The zero-order valence-corrected chi connectivity index (χ0v) is 15.7. The minimum atomic E-state index is -0.207. The first-order chi connectivity index (χ1) is 11.8. The molecule has 25 heavy (non-hydrogen) atoms. The van der Waals surface area contributed by atoms with E-state index in [1.165, 1.54) is 12.3 Å².